The Bertz CT molecular complexity index is 1850. The van der Waals surface area contributed by atoms with Gasteiger partial charge in [-0.25, -0.2) is 8.37 Å². The number of aliphatic hydroxyl groups excluding tert-OH is 2. The van der Waals surface area contributed by atoms with Gasteiger partial charge in [-0.05, 0) is 97.8 Å². The first-order chi connectivity index (χ1) is 26.2. The number of aliphatic carboxylic acids is 1. The molecule has 20 heteroatoms. The maximum Gasteiger partial charge on any atom is 0.397 e. The fraction of sp³-hybridized carbons (Fsp3) is 0.722. The fourth-order valence-electron chi connectivity index (χ4n) is 10.7. The standard InChI is InChI=1S/C36H52N2O16S2/c1-19-21-6-9-27-35(2)17-23(15-24(33(43)44)25(35)11-12-36(27,16-21)32(19)42)51-34-29(41)31(54-56(48,49)50)30(53-55(45,46)47)26(52-34)18-37-13-14-38-28(40)10-5-20-3-7-22(39)8-4-20/h3-4,7-8,21,23-27,29-32,34,37,39,41-42H,1,5-6,9-18H2,2H3,(H,38,40)(H,43,44)(H,45,46,47)(H,48,49,50)/t21?,23?,24?,25?,26-,27?,29?,30-,31+,32+,34+,35?,36?/m1/s1. The second-order valence-corrected chi connectivity index (χ2v) is 18.4. The molecule has 4 aliphatic carbocycles. The van der Waals surface area contributed by atoms with Crippen molar-refractivity contribution in [1.29, 1.82) is 0 Å². The first-order valence-corrected chi connectivity index (χ1v) is 21.6. The van der Waals surface area contributed by atoms with E-state index < -0.39 is 86.4 Å². The molecule has 4 saturated carbocycles. The van der Waals surface area contributed by atoms with Crippen LogP contribution in [0.5, 0.6) is 5.75 Å². The van der Waals surface area contributed by atoms with Crippen LogP contribution in [0, 0.1) is 34.5 Å². The average Bonchev–Trinajstić information content (AvgIpc) is 3.28. The van der Waals surface area contributed by atoms with E-state index in [1.807, 2.05) is 6.92 Å². The van der Waals surface area contributed by atoms with Crippen LogP contribution in [0.1, 0.15) is 63.9 Å². The van der Waals surface area contributed by atoms with Crippen molar-refractivity contribution in [1.82, 2.24) is 10.6 Å². The number of phenols is 1. The zero-order chi connectivity index (χ0) is 40.8. The van der Waals surface area contributed by atoms with E-state index in [-0.39, 0.29) is 61.9 Å². The van der Waals surface area contributed by atoms with Gasteiger partial charge < -0.3 is 40.5 Å². The number of nitrogens with one attached hydrogen (secondary N) is 2. The number of hydrogen-bond donors (Lipinski definition) is 8. The Morgan fingerprint density at radius 3 is 2.32 bits per heavy atom. The van der Waals surface area contributed by atoms with Gasteiger partial charge in [-0.2, -0.15) is 16.8 Å². The van der Waals surface area contributed by atoms with Crippen LogP contribution in [-0.2, 0) is 54.6 Å². The summed E-state index contributed by atoms with van der Waals surface area (Å²) in [4.78, 5) is 25.2. The van der Waals surface area contributed by atoms with Crippen molar-refractivity contribution >= 4 is 32.7 Å². The Morgan fingerprint density at radius 1 is 0.982 bits per heavy atom. The maximum atomic E-state index is 12.8. The SMILES string of the molecule is C=C1C2CCC3C4(C)CC(O[C@H]5O[C@H](CNCCNC(=O)CCc6ccc(O)cc6)[C@@H](OS(=O)(=O)O)[C@@H](OS(=O)(=O)O)C5O)CC(C(=O)O)C4CCC3(C2)[C@H]1O. The largest absolute Gasteiger partial charge is 0.508 e. The minimum absolute atomic E-state index is 0.00388. The first kappa shape index (κ1) is 42.8. The average molecular weight is 833 g/mol. The number of aliphatic hydroxyl groups is 2. The number of aryl methyl sites for hydroxylation is 1. The number of fused-ring (bicyclic) bond motifs is 3. The highest BCUT2D eigenvalue weighted by Gasteiger charge is 2.67. The van der Waals surface area contributed by atoms with Crippen molar-refractivity contribution in [2.24, 2.45) is 34.5 Å². The minimum atomic E-state index is -5.38. The van der Waals surface area contributed by atoms with Crippen molar-refractivity contribution in [3.63, 3.8) is 0 Å². The second-order valence-electron chi connectivity index (χ2n) is 16.3. The molecule has 2 bridgehead atoms. The summed E-state index contributed by atoms with van der Waals surface area (Å²) in [6.07, 6.45) is -6.89. The van der Waals surface area contributed by atoms with Gasteiger partial charge in [0, 0.05) is 31.5 Å². The lowest BCUT2D eigenvalue weighted by Gasteiger charge is -2.62. The van der Waals surface area contributed by atoms with Crippen molar-refractivity contribution in [3.8, 4) is 5.75 Å². The lowest BCUT2D eigenvalue weighted by molar-refractivity contribution is -0.309. The molecule has 0 radical (unpaired) electrons. The molecule has 1 heterocycles. The van der Waals surface area contributed by atoms with Crippen molar-refractivity contribution < 1.29 is 73.8 Å². The number of rotatable bonds is 15. The molecule has 56 heavy (non-hydrogen) atoms. The number of aromatic hydroxyl groups is 1. The van der Waals surface area contributed by atoms with E-state index in [0.29, 0.717) is 25.7 Å². The van der Waals surface area contributed by atoms with E-state index in [0.717, 1.165) is 30.4 Å². The van der Waals surface area contributed by atoms with Gasteiger partial charge in [-0.15, -0.1) is 0 Å². The number of carbonyl (C=O) groups is 2. The van der Waals surface area contributed by atoms with E-state index in [2.05, 4.69) is 17.2 Å². The molecule has 314 valence electrons. The highest BCUT2D eigenvalue weighted by Crippen LogP contribution is 2.70. The predicted molar refractivity (Wildman–Crippen MR) is 194 cm³/mol. The van der Waals surface area contributed by atoms with Crippen LogP contribution in [0.3, 0.4) is 0 Å². The molecule has 5 aliphatic rings. The van der Waals surface area contributed by atoms with Crippen LogP contribution in [0.15, 0.2) is 36.4 Å². The molecular weight excluding hydrogens is 781 g/mol. The Morgan fingerprint density at radius 2 is 1.66 bits per heavy atom. The van der Waals surface area contributed by atoms with E-state index >= 15 is 0 Å². The number of phenolic OH excluding ortho intramolecular Hbond substituents is 1. The molecule has 1 aromatic carbocycles. The minimum Gasteiger partial charge on any atom is -0.508 e. The summed E-state index contributed by atoms with van der Waals surface area (Å²) in [6.45, 7) is 6.02. The third-order valence-corrected chi connectivity index (χ3v) is 14.0. The smallest absolute Gasteiger partial charge is 0.397 e. The molecule has 1 aliphatic heterocycles. The molecular formula is C36H52N2O16S2. The van der Waals surface area contributed by atoms with Gasteiger partial charge >= 0.3 is 26.8 Å². The molecule has 8 N–H and O–H groups in total. The van der Waals surface area contributed by atoms with Gasteiger partial charge in [0.05, 0.1) is 18.1 Å². The summed E-state index contributed by atoms with van der Waals surface area (Å²) >= 11 is 0. The fourth-order valence-corrected chi connectivity index (χ4v) is 11.8. The van der Waals surface area contributed by atoms with Crippen molar-refractivity contribution in [2.45, 2.75) is 108 Å². The lowest BCUT2D eigenvalue weighted by atomic mass is 9.43. The van der Waals surface area contributed by atoms with E-state index in [1.165, 1.54) is 12.1 Å². The third-order valence-electron chi connectivity index (χ3n) is 13.0. The number of carbonyl (C=O) groups excluding carboxylic acids is 1. The first-order valence-electron chi connectivity index (χ1n) is 18.9. The zero-order valence-corrected chi connectivity index (χ0v) is 32.6. The molecule has 1 aromatic rings. The van der Waals surface area contributed by atoms with Crippen LogP contribution in [0.2, 0.25) is 0 Å². The Labute approximate surface area is 325 Å². The molecule has 0 aromatic heterocycles. The van der Waals surface area contributed by atoms with Gasteiger partial charge in [0.25, 0.3) is 0 Å². The van der Waals surface area contributed by atoms with Crippen LogP contribution < -0.4 is 10.6 Å². The number of amides is 1. The van der Waals surface area contributed by atoms with E-state index in [4.69, 9.17) is 17.8 Å². The quantitative estimate of drug-likeness (QED) is 0.0532. The molecule has 8 unspecified atom stereocenters. The molecule has 1 spiro atoms. The molecule has 5 fully saturated rings. The highest BCUT2D eigenvalue weighted by molar-refractivity contribution is 7.81. The summed E-state index contributed by atoms with van der Waals surface area (Å²) in [7, 11) is -10.7. The van der Waals surface area contributed by atoms with Crippen molar-refractivity contribution in [2.75, 3.05) is 19.6 Å². The summed E-state index contributed by atoms with van der Waals surface area (Å²) in [6, 6.07) is 6.40. The molecule has 1 saturated heterocycles. The van der Waals surface area contributed by atoms with Gasteiger partial charge in [0.15, 0.2) is 6.29 Å². The van der Waals surface area contributed by atoms with Crippen molar-refractivity contribution in [3.05, 3.63) is 42.0 Å². The zero-order valence-electron chi connectivity index (χ0n) is 30.9. The van der Waals surface area contributed by atoms with Crippen LogP contribution >= 0.6 is 0 Å². The number of ether oxygens (including phenoxy) is 2. The summed E-state index contributed by atoms with van der Waals surface area (Å²) in [5.74, 6) is -2.23. The predicted octanol–water partition coefficient (Wildman–Crippen LogP) is 1.12. The summed E-state index contributed by atoms with van der Waals surface area (Å²) < 4.78 is 88.6. The molecule has 1 amide bonds. The number of benzene rings is 1. The maximum absolute atomic E-state index is 12.8. The Balaban J connectivity index is 1.17. The van der Waals surface area contributed by atoms with E-state index in [1.54, 1.807) is 12.1 Å². The van der Waals surface area contributed by atoms with Gasteiger partial charge in [0.1, 0.15) is 30.2 Å². The van der Waals surface area contributed by atoms with Crippen LogP contribution in [0.4, 0.5) is 0 Å². The summed E-state index contributed by atoms with van der Waals surface area (Å²) in [5.41, 5.74) is 0.544. The monoisotopic (exact) mass is 832 g/mol. The third kappa shape index (κ3) is 9.10. The molecule has 18 nitrogen and oxygen atoms in total. The number of hydrogen-bond acceptors (Lipinski definition) is 14. The highest BCUT2D eigenvalue weighted by atomic mass is 32.3. The Hall–Kier alpha value is -2.76. The normalized spacial score (nSPS) is 38.4. The van der Waals surface area contributed by atoms with Crippen LogP contribution in [-0.4, -0.2) is 121 Å². The summed E-state index contributed by atoms with van der Waals surface area (Å²) in [5, 5.41) is 48.4. The molecule has 6 rings (SSSR count). The second kappa shape index (κ2) is 16.5. The van der Waals surface area contributed by atoms with Gasteiger partial charge in [-0.1, -0.05) is 25.6 Å². The van der Waals surface area contributed by atoms with Gasteiger partial charge in [-0.3, -0.25) is 18.7 Å². The van der Waals surface area contributed by atoms with Crippen LogP contribution in [0.25, 0.3) is 0 Å². The number of carboxylic acid groups (broad SMARTS) is 1. The van der Waals surface area contributed by atoms with Gasteiger partial charge in [0.2, 0.25) is 5.91 Å². The lowest BCUT2D eigenvalue weighted by Crippen LogP contribution is -2.64. The Kier molecular flexibility index (Phi) is 12.6. The van der Waals surface area contributed by atoms with E-state index in [9.17, 15) is 56.0 Å². The topological polar surface area (TPSA) is 285 Å². The molecule has 13 atom stereocenters. The number of carboxylic acids is 1.